The van der Waals surface area contributed by atoms with E-state index in [9.17, 15) is 43.8 Å². The molecule has 11 amide bonds. The average molecular weight is 1580 g/mol. The maximum Gasteiger partial charge on any atom is 0.245 e. The number of rotatable bonds is 42. The topological polar surface area (TPSA) is 454 Å². The quantitative estimate of drug-likeness (QED) is 0.0149. The first-order chi connectivity index (χ1) is 54.2. The van der Waals surface area contributed by atoms with Crippen molar-refractivity contribution in [2.45, 2.75) is 186 Å². The number of aromatic nitrogens is 1. The second kappa shape index (κ2) is 45.2. The molecule has 1 aliphatic heterocycles. The summed E-state index contributed by atoms with van der Waals surface area (Å²) >= 11 is 6.29. The van der Waals surface area contributed by atoms with Gasteiger partial charge in [-0.25, -0.2) is 0 Å². The van der Waals surface area contributed by atoms with E-state index in [1.54, 1.807) is 48.7 Å². The van der Waals surface area contributed by atoms with Gasteiger partial charge in [-0.3, -0.25) is 62.7 Å². The number of nitrogens with zero attached hydrogens (tertiary/aromatic N) is 3. The smallest absolute Gasteiger partial charge is 0.245 e. The van der Waals surface area contributed by atoms with E-state index in [0.717, 1.165) is 10.8 Å². The van der Waals surface area contributed by atoms with Crippen molar-refractivity contribution >= 4 is 110 Å². The van der Waals surface area contributed by atoms with Gasteiger partial charge in [0.2, 0.25) is 65.0 Å². The minimum absolute atomic E-state index is 0.0362. The number of primary amides is 1. The summed E-state index contributed by atoms with van der Waals surface area (Å²) in [4.78, 5) is 172. The zero-order chi connectivity index (χ0) is 82.1. The molecular weight excluding hydrogens is 1470 g/mol. The van der Waals surface area contributed by atoms with Gasteiger partial charge >= 0.3 is 0 Å². The second-order valence-corrected chi connectivity index (χ2v) is 28.7. The molecule has 18 N–H and O–H groups in total. The van der Waals surface area contributed by atoms with Crippen LogP contribution in [0, 0.1) is 5.92 Å². The monoisotopic (exact) mass is 1580 g/mol. The summed E-state index contributed by atoms with van der Waals surface area (Å²) in [5.74, 6) is -7.92. The summed E-state index contributed by atoms with van der Waals surface area (Å²) in [6.07, 6.45) is 2.32. The van der Waals surface area contributed by atoms with Crippen LogP contribution in [0.25, 0.3) is 21.7 Å². The Morgan fingerprint density at radius 3 is 1.57 bits per heavy atom. The average Bonchev–Trinajstić information content (AvgIpc) is 1.29. The Kier molecular flexibility index (Phi) is 35.6. The number of hydrogen-bond acceptors (Lipinski definition) is 15. The summed E-state index contributed by atoms with van der Waals surface area (Å²) in [5, 5.41) is 62.0. The molecule has 1 aromatic heterocycles. The molecule has 6 aromatic rings. The first-order valence-corrected chi connectivity index (χ1v) is 39.1. The van der Waals surface area contributed by atoms with Crippen LogP contribution in [0.4, 0.5) is 0 Å². The number of carbonyl (C=O) groups excluding carboxylic acids is 11. The van der Waals surface area contributed by atoms with E-state index in [1.165, 1.54) is 43.0 Å². The number of aliphatic hydroxyl groups excluding tert-OH is 1. The zero-order valence-corrected chi connectivity index (χ0v) is 66.3. The lowest BCUT2D eigenvalue weighted by molar-refractivity contribution is -0.142. The van der Waals surface area contributed by atoms with Crippen LogP contribution in [0.2, 0.25) is 5.02 Å². The van der Waals surface area contributed by atoms with Crippen LogP contribution in [0.15, 0.2) is 131 Å². The number of guanidine groups is 2. The van der Waals surface area contributed by atoms with Crippen LogP contribution in [0.3, 0.4) is 0 Å². The summed E-state index contributed by atoms with van der Waals surface area (Å²) in [5.41, 5.74) is 8.41. The fourth-order valence-corrected chi connectivity index (χ4v) is 13.3. The van der Waals surface area contributed by atoms with Gasteiger partial charge in [-0.15, -0.1) is 0 Å². The van der Waals surface area contributed by atoms with Crippen molar-refractivity contribution in [3.63, 3.8) is 0 Å². The number of aliphatic imine (C=N–C) groups is 2. The molecule has 1 aliphatic rings. The fraction of sp³-hybridized carbons (Fsp3) is 0.469. The van der Waals surface area contributed by atoms with Crippen molar-refractivity contribution < 1.29 is 63.0 Å². The SMILES string of the molecule is CCN=C(NCC)NCCC[C@H](NC(=O)[C@H](CC(C)C)NC(=O)[C@@H](CCCNC(=NCC)NCC)NC(=O)[C@H](Cc1ccc(O)cc1)NC(=O)[C@H](CO)NC(=O)[C@@H](Cc1c[nH]c2ccccc12)NC(=O)[C@@H](Cc1ccc(Cl)cc1)NC(=O)[C@@H](Cc1ccc2ccccc2c1)NC(C)=O)C(=O)N1CCC[C@H]1C(=O)N[C@H](C)C(N)=O. The van der Waals surface area contributed by atoms with Crippen LogP contribution in [-0.4, -0.2) is 210 Å². The van der Waals surface area contributed by atoms with Gasteiger partial charge in [0.15, 0.2) is 11.9 Å². The minimum Gasteiger partial charge on any atom is -0.508 e. The minimum atomic E-state index is -1.83. The van der Waals surface area contributed by atoms with Gasteiger partial charge in [0.1, 0.15) is 66.2 Å². The van der Waals surface area contributed by atoms with Gasteiger partial charge in [-0.05, 0) is 149 Å². The number of aromatic amines is 1. The van der Waals surface area contributed by atoms with E-state index in [4.69, 9.17) is 17.3 Å². The highest BCUT2D eigenvalue weighted by atomic mass is 35.5. The van der Waals surface area contributed by atoms with E-state index in [2.05, 4.69) is 84.1 Å². The Hall–Kier alpha value is -11.3. The van der Waals surface area contributed by atoms with Crippen LogP contribution in [0.5, 0.6) is 5.75 Å². The Morgan fingerprint density at radius 2 is 1.01 bits per heavy atom. The second-order valence-electron chi connectivity index (χ2n) is 28.3. The standard InChI is InChI=1S/C81H111ClN18O13/c1-9-84-80(85-10-2)88-37-17-24-61(71(105)95-63(40-48(5)6)72(106)94-62(25-18-38-89-81(86-11-3)87-12-4)79(113)100-39-19-26-69(100)78(112)91-49(7)70(83)104)93-74(108)65(43-52-30-35-58(103)36-31-52)97-77(111)68(47-101)99-76(110)67(45-56-46-90-60-23-16-15-22-59(56)60)98-75(109)66(42-51-28-33-57(82)34-29-51)96-73(107)64(92-50(8)102)44-53-27-32-54-20-13-14-21-55(54)41-53/h13-16,20-23,27-36,41,46,48-49,61-69,90,101,103H,9-12,17-19,24-26,37-40,42-45,47H2,1-8H3,(H2,83,104)(H,91,112)(H,92,102)(H,93,108)(H,94,106)(H,95,105)(H,96,107)(H,97,111)(H,98,109)(H,99,110)(H2,84,85,88)(H2,86,87,89)/t49-,61-,62+,63+,64-,65+,66-,67-,68+,69+/m1/s1. The maximum atomic E-state index is 15.2. The van der Waals surface area contributed by atoms with E-state index in [1.807, 2.05) is 90.1 Å². The van der Waals surface area contributed by atoms with Crippen molar-refractivity contribution in [1.29, 1.82) is 0 Å². The van der Waals surface area contributed by atoms with Gasteiger partial charge in [0, 0.05) is 101 Å². The number of aromatic hydroxyl groups is 1. The lowest BCUT2D eigenvalue weighted by Crippen LogP contribution is -2.61. The molecule has 0 saturated carbocycles. The number of fused-ring (bicyclic) bond motifs is 2. The van der Waals surface area contributed by atoms with Crippen molar-refractivity contribution in [3.8, 4) is 5.75 Å². The van der Waals surface area contributed by atoms with E-state index in [-0.39, 0.29) is 82.5 Å². The normalized spacial score (nSPS) is 15.3. The molecule has 0 aliphatic carbocycles. The van der Waals surface area contributed by atoms with E-state index in [0.29, 0.717) is 95.7 Å². The molecule has 1 saturated heterocycles. The molecule has 31 nitrogen and oxygen atoms in total. The van der Waals surface area contributed by atoms with E-state index < -0.39 is 132 Å². The highest BCUT2D eigenvalue weighted by Crippen LogP contribution is 2.24. The predicted molar refractivity (Wildman–Crippen MR) is 434 cm³/mol. The number of amides is 11. The van der Waals surface area contributed by atoms with Gasteiger partial charge < -0.3 is 94.9 Å². The number of likely N-dealkylation sites (tertiary alicyclic amines) is 1. The fourth-order valence-electron chi connectivity index (χ4n) is 13.2. The molecule has 0 spiro atoms. The number of nitrogens with one attached hydrogen (secondary N) is 14. The maximum absolute atomic E-state index is 15.2. The largest absolute Gasteiger partial charge is 0.508 e. The number of benzene rings is 5. The van der Waals surface area contributed by atoms with Crippen LogP contribution in [0.1, 0.15) is 123 Å². The molecular formula is C81H111ClN18O13. The number of para-hydroxylation sites is 1. The summed E-state index contributed by atoms with van der Waals surface area (Å²) in [6, 6.07) is 19.2. The van der Waals surface area contributed by atoms with Gasteiger partial charge in [0.25, 0.3) is 0 Å². The molecule has 0 unspecified atom stereocenters. The van der Waals surface area contributed by atoms with Crippen LogP contribution in [-0.2, 0) is 78.4 Å². The first kappa shape index (κ1) is 88.9. The van der Waals surface area contributed by atoms with Gasteiger partial charge in [0.05, 0.1) is 6.61 Å². The third-order valence-corrected chi connectivity index (χ3v) is 19.2. The third kappa shape index (κ3) is 28.1. The summed E-state index contributed by atoms with van der Waals surface area (Å²) < 4.78 is 0. The van der Waals surface area contributed by atoms with Gasteiger partial charge in [-0.2, -0.15) is 0 Å². The number of halogens is 1. The summed E-state index contributed by atoms with van der Waals surface area (Å²) in [6.45, 7) is 15.6. The molecule has 10 atom stereocenters. The number of aliphatic hydroxyl groups is 1. The molecule has 1 fully saturated rings. The zero-order valence-electron chi connectivity index (χ0n) is 65.5. The lowest BCUT2D eigenvalue weighted by Gasteiger charge is -2.31. The van der Waals surface area contributed by atoms with Crippen molar-refractivity contribution in [3.05, 3.63) is 149 Å². The molecule has 32 heteroatoms. The van der Waals surface area contributed by atoms with Crippen LogP contribution >= 0.6 is 11.6 Å². The van der Waals surface area contributed by atoms with Gasteiger partial charge in [-0.1, -0.05) is 110 Å². The number of phenols is 1. The lowest BCUT2D eigenvalue weighted by atomic mass is 9.99. The molecule has 5 aromatic carbocycles. The molecule has 113 heavy (non-hydrogen) atoms. The molecule has 610 valence electrons. The molecule has 7 rings (SSSR count). The number of hydrogen-bond donors (Lipinski definition) is 17. The Balaban J connectivity index is 1.17. The van der Waals surface area contributed by atoms with Crippen molar-refractivity contribution in [2.75, 3.05) is 52.4 Å². The molecule has 0 radical (unpaired) electrons. The molecule has 0 bridgehead atoms. The third-order valence-electron chi connectivity index (χ3n) is 18.9. The Morgan fingerprint density at radius 1 is 0.540 bits per heavy atom. The predicted octanol–water partition coefficient (Wildman–Crippen LogP) is 2.58. The first-order valence-electron chi connectivity index (χ1n) is 38.7. The van der Waals surface area contributed by atoms with Crippen molar-refractivity contribution in [2.24, 2.45) is 21.6 Å². The summed E-state index contributed by atoms with van der Waals surface area (Å²) in [7, 11) is 0. The number of nitrogens with two attached hydrogens (primary N) is 1. The number of phenolic OH excluding ortho intramolecular Hbond substituents is 1. The van der Waals surface area contributed by atoms with Crippen molar-refractivity contribution in [1.82, 2.24) is 79.0 Å². The highest BCUT2D eigenvalue weighted by Gasteiger charge is 2.41. The number of carbonyl (C=O) groups is 11. The highest BCUT2D eigenvalue weighted by molar-refractivity contribution is 6.30. The Labute approximate surface area is 663 Å². The Bertz CT molecular complexity index is 4270. The molecule has 2 heterocycles. The number of H-pyrrole nitrogens is 1. The van der Waals surface area contributed by atoms with E-state index >= 15 is 19.2 Å². The van der Waals surface area contributed by atoms with Crippen LogP contribution < -0.4 is 74.9 Å².